The number of halogens is 2. The Kier molecular flexibility index (Phi) is 11.6. The van der Waals surface area contributed by atoms with E-state index in [2.05, 4.69) is 30.8 Å². The molecule has 37 heavy (non-hydrogen) atoms. The van der Waals surface area contributed by atoms with E-state index in [1.165, 1.54) is 18.2 Å². The number of primary amides is 1. The normalized spacial score (nSPS) is 11.4. The van der Waals surface area contributed by atoms with Crippen molar-refractivity contribution < 1.29 is 98.6 Å². The zero-order valence-electron chi connectivity index (χ0n) is 18.8. The van der Waals surface area contributed by atoms with Crippen LogP contribution in [0.1, 0.15) is 0 Å². The molecular weight excluding hydrogens is 562 g/mol. The molecule has 20 heteroatoms. The molecular formula is C17H11F2N7Na2O7S2. The zero-order chi connectivity index (χ0) is 26.0. The van der Waals surface area contributed by atoms with E-state index >= 15 is 0 Å². The summed E-state index contributed by atoms with van der Waals surface area (Å²) in [5.74, 6) is -1.42. The van der Waals surface area contributed by atoms with Crippen LogP contribution in [0.15, 0.2) is 62.5 Å². The number of hydrogen-bond acceptors (Lipinski definition) is 12. The summed E-state index contributed by atoms with van der Waals surface area (Å²) < 4.78 is 94.4. The second-order valence-electron chi connectivity index (χ2n) is 6.43. The summed E-state index contributed by atoms with van der Waals surface area (Å²) in [6.45, 7) is 0. The van der Waals surface area contributed by atoms with E-state index in [0.29, 0.717) is 6.07 Å². The Morgan fingerprint density at radius 1 is 0.892 bits per heavy atom. The Balaban J connectivity index is 0.00000342. The minimum atomic E-state index is -5.28. The molecule has 14 nitrogen and oxygen atoms in total. The quantitative estimate of drug-likeness (QED) is 0.0820. The van der Waals surface area contributed by atoms with Gasteiger partial charge in [0.25, 0.3) is 0 Å². The van der Waals surface area contributed by atoms with Crippen LogP contribution in [0.3, 0.4) is 0 Å². The smallest absolute Gasteiger partial charge is 0.744 e. The average Bonchev–Trinajstić information content (AvgIpc) is 2.70. The van der Waals surface area contributed by atoms with Gasteiger partial charge in [-0.1, -0.05) is 0 Å². The zero-order valence-corrected chi connectivity index (χ0v) is 24.5. The second kappa shape index (κ2) is 13.1. The second-order valence-corrected chi connectivity index (χ2v) is 9.16. The number of anilines is 3. The number of azo groups is 1. The Bertz CT molecular complexity index is 1560. The third-order valence-corrected chi connectivity index (χ3v) is 5.65. The van der Waals surface area contributed by atoms with Crippen LogP contribution in [0.4, 0.5) is 42.1 Å². The van der Waals surface area contributed by atoms with Crippen LogP contribution in [0.2, 0.25) is 0 Å². The minimum absolute atomic E-state index is 0. The topological polar surface area (TPSA) is 232 Å². The predicted octanol–water partition coefficient (Wildman–Crippen LogP) is -3.78. The molecule has 184 valence electrons. The Labute approximate surface area is 252 Å². The largest absolute Gasteiger partial charge is 1.00 e. The van der Waals surface area contributed by atoms with Gasteiger partial charge in [0.15, 0.2) is 0 Å². The van der Waals surface area contributed by atoms with E-state index < -0.39 is 53.8 Å². The maximum absolute atomic E-state index is 13.3. The van der Waals surface area contributed by atoms with Crippen LogP contribution in [-0.2, 0) is 20.2 Å². The van der Waals surface area contributed by atoms with Gasteiger partial charge in [-0.15, -0.1) is 10.2 Å². The van der Waals surface area contributed by atoms with E-state index in [9.17, 15) is 39.5 Å². The molecule has 3 aromatic rings. The number of aromatic nitrogens is 2. The fourth-order valence-corrected chi connectivity index (χ4v) is 3.78. The van der Waals surface area contributed by atoms with Crippen molar-refractivity contribution in [3.05, 3.63) is 54.5 Å². The molecule has 2 aromatic carbocycles. The Morgan fingerprint density at radius 2 is 1.51 bits per heavy atom. The molecule has 4 N–H and O–H groups in total. The molecule has 3 rings (SSSR count). The van der Waals surface area contributed by atoms with Gasteiger partial charge in [0, 0.05) is 11.8 Å². The first kappa shape index (κ1) is 32.9. The number of amides is 2. The Morgan fingerprint density at radius 3 is 2.08 bits per heavy atom. The van der Waals surface area contributed by atoms with Crippen molar-refractivity contribution in [2.75, 3.05) is 10.6 Å². The molecule has 0 bridgehead atoms. The first-order valence-electron chi connectivity index (χ1n) is 8.87. The molecule has 0 atom stereocenters. The van der Waals surface area contributed by atoms with E-state index in [4.69, 9.17) is 5.73 Å². The van der Waals surface area contributed by atoms with E-state index in [0.717, 1.165) is 18.2 Å². The number of nitrogens with two attached hydrogens (primary N) is 1. The monoisotopic (exact) mass is 573 g/mol. The van der Waals surface area contributed by atoms with Gasteiger partial charge in [-0.05, 0) is 36.4 Å². The van der Waals surface area contributed by atoms with Crippen molar-refractivity contribution >= 4 is 54.8 Å². The minimum Gasteiger partial charge on any atom is -0.744 e. The van der Waals surface area contributed by atoms with Crippen LogP contribution in [0.5, 0.6) is 0 Å². The fourth-order valence-electron chi connectivity index (χ4n) is 2.58. The SMILES string of the molecule is NC(=O)Nc1cc(Nc2cc(F)nc(F)n2)ccc1N=Nc1ccc(S(=O)(=O)[O-])cc1S(=O)(=O)[O-].[Na+].[Na+]. The maximum atomic E-state index is 13.3. The van der Waals surface area contributed by atoms with E-state index in [1.807, 2.05) is 0 Å². The van der Waals surface area contributed by atoms with Gasteiger partial charge in [0.1, 0.15) is 37.4 Å². The van der Waals surface area contributed by atoms with Crippen molar-refractivity contribution in [2.24, 2.45) is 16.0 Å². The number of benzene rings is 2. The van der Waals surface area contributed by atoms with Gasteiger partial charge in [-0.25, -0.2) is 21.6 Å². The van der Waals surface area contributed by atoms with Gasteiger partial charge < -0.3 is 25.5 Å². The van der Waals surface area contributed by atoms with Gasteiger partial charge in [0.2, 0.25) is 5.95 Å². The van der Waals surface area contributed by atoms with Crippen molar-refractivity contribution in [2.45, 2.75) is 9.79 Å². The van der Waals surface area contributed by atoms with Gasteiger partial charge in [-0.2, -0.15) is 18.7 Å². The number of nitrogens with one attached hydrogen (secondary N) is 2. The number of carbonyl (C=O) groups excluding carboxylic acids is 1. The summed E-state index contributed by atoms with van der Waals surface area (Å²) in [5, 5.41) is 12.1. The molecule has 0 aliphatic rings. The maximum Gasteiger partial charge on any atom is 1.00 e. The summed E-state index contributed by atoms with van der Waals surface area (Å²) in [7, 11) is -10.4. The molecule has 0 aliphatic heterocycles. The van der Waals surface area contributed by atoms with Crippen LogP contribution in [0.25, 0.3) is 0 Å². The summed E-state index contributed by atoms with van der Waals surface area (Å²) in [6.07, 6.45) is -1.34. The molecule has 0 unspecified atom stereocenters. The van der Waals surface area contributed by atoms with Gasteiger partial charge >= 0.3 is 71.2 Å². The van der Waals surface area contributed by atoms with Gasteiger partial charge in [0.05, 0.1) is 15.5 Å². The number of hydrogen-bond donors (Lipinski definition) is 3. The number of nitrogens with zero attached hydrogens (tertiary/aromatic N) is 4. The van der Waals surface area contributed by atoms with Crippen LogP contribution in [0, 0.1) is 12.0 Å². The van der Waals surface area contributed by atoms with Crippen molar-refractivity contribution in [3.8, 4) is 0 Å². The molecule has 0 radical (unpaired) electrons. The summed E-state index contributed by atoms with van der Waals surface area (Å²) >= 11 is 0. The van der Waals surface area contributed by atoms with Crippen LogP contribution >= 0.6 is 0 Å². The molecule has 0 saturated carbocycles. The summed E-state index contributed by atoms with van der Waals surface area (Å²) in [4.78, 5) is 15.4. The number of urea groups is 1. The van der Waals surface area contributed by atoms with Crippen molar-refractivity contribution in [1.82, 2.24) is 9.97 Å². The van der Waals surface area contributed by atoms with Crippen molar-refractivity contribution in [3.63, 3.8) is 0 Å². The molecule has 1 aromatic heterocycles. The van der Waals surface area contributed by atoms with Gasteiger partial charge in [-0.3, -0.25) is 0 Å². The van der Waals surface area contributed by atoms with Crippen LogP contribution in [-0.4, -0.2) is 41.9 Å². The molecule has 1 heterocycles. The molecule has 2 amide bonds. The third-order valence-electron chi connectivity index (χ3n) is 3.95. The number of rotatable bonds is 7. The molecule has 0 fully saturated rings. The first-order valence-corrected chi connectivity index (χ1v) is 11.7. The molecule has 0 saturated heterocycles. The first-order chi connectivity index (χ1) is 16.2. The average molecular weight is 573 g/mol. The summed E-state index contributed by atoms with van der Waals surface area (Å²) in [5.41, 5.74) is 4.39. The molecule has 0 spiro atoms. The fraction of sp³-hybridized carbons (Fsp3) is 0. The van der Waals surface area contributed by atoms with E-state index in [-0.39, 0.29) is 82.0 Å². The van der Waals surface area contributed by atoms with Crippen molar-refractivity contribution in [1.29, 1.82) is 0 Å². The van der Waals surface area contributed by atoms with E-state index in [1.54, 1.807) is 0 Å². The molecule has 0 aliphatic carbocycles. The third kappa shape index (κ3) is 9.28. The Hall–Kier alpha value is -2.13. The standard InChI is InChI=1S/C17H13F2N7O7S2.2Na/c18-14-7-15(24-16(19)23-14)21-8-1-3-10(12(5-8)22-17(20)27)25-26-11-4-2-9(34(28,29)30)6-13(11)35(31,32)33;;/h1-7H,(H3,20,22,27)(H,21,23,24)(H,28,29,30)(H,31,32,33);;/q;2*+1/p-2. The van der Waals surface area contributed by atoms with Crippen LogP contribution < -0.4 is 75.5 Å². The predicted molar refractivity (Wildman–Crippen MR) is 111 cm³/mol. The number of carbonyl (C=O) groups is 1. The summed E-state index contributed by atoms with van der Waals surface area (Å²) in [6, 6.07) is 5.29.